The van der Waals surface area contributed by atoms with Crippen LogP contribution in [0.2, 0.25) is 0 Å². The lowest BCUT2D eigenvalue weighted by molar-refractivity contribution is -0.129. The van der Waals surface area contributed by atoms with E-state index in [1.165, 1.54) is 71.1 Å². The molecule has 5 nitrogen and oxygen atoms in total. The Bertz CT molecular complexity index is 387. The average molecular weight is 382 g/mol. The number of carbonyl (C=O) groups excluding carboxylic acids is 2. The zero-order chi connectivity index (χ0) is 19.7. The third-order valence-electron chi connectivity index (χ3n) is 5.61. The summed E-state index contributed by atoms with van der Waals surface area (Å²) in [7, 11) is 0. The third kappa shape index (κ3) is 13.7. The molecule has 0 aromatic heterocycles. The van der Waals surface area contributed by atoms with Crippen LogP contribution in [0.15, 0.2) is 0 Å². The summed E-state index contributed by atoms with van der Waals surface area (Å²) in [5, 5.41) is 6.47. The second kappa shape index (κ2) is 15.9. The maximum Gasteiger partial charge on any atom is 0.219 e. The monoisotopic (exact) mass is 381 g/mol. The number of nitrogens with one attached hydrogen (secondary N) is 2. The second-order valence-electron chi connectivity index (χ2n) is 8.17. The van der Waals surface area contributed by atoms with Crippen LogP contribution in [-0.4, -0.2) is 49.4 Å². The molecule has 2 amide bonds. The van der Waals surface area contributed by atoms with Crippen LogP contribution in [0, 0.1) is 5.92 Å². The first-order valence-electron chi connectivity index (χ1n) is 11.3. The highest BCUT2D eigenvalue weighted by Crippen LogP contribution is 2.18. The Hall–Kier alpha value is -1.10. The molecular weight excluding hydrogens is 338 g/mol. The molecule has 2 N–H and O–H groups in total. The van der Waals surface area contributed by atoms with Crippen molar-refractivity contribution in [3.63, 3.8) is 0 Å². The van der Waals surface area contributed by atoms with E-state index in [4.69, 9.17) is 0 Å². The fourth-order valence-electron chi connectivity index (χ4n) is 3.93. The Morgan fingerprint density at radius 3 is 2.22 bits per heavy atom. The van der Waals surface area contributed by atoms with Gasteiger partial charge < -0.3 is 15.5 Å². The Balaban J connectivity index is 2.29. The fourth-order valence-corrected chi connectivity index (χ4v) is 3.93. The number of hydrogen-bond acceptors (Lipinski definition) is 3. The van der Waals surface area contributed by atoms with E-state index >= 15 is 0 Å². The van der Waals surface area contributed by atoms with Crippen molar-refractivity contribution in [3.05, 3.63) is 0 Å². The standard InChI is InChI=1S/C22H43N3O2/c1-20(26)24-16-12-18-25(21(2)27)17-11-14-22-13-9-7-5-3-4-6-8-10-15-23-19-22/h22-23H,3-19H2,1-2H3,(H,24,26). The Morgan fingerprint density at radius 2 is 1.56 bits per heavy atom. The van der Waals surface area contributed by atoms with Gasteiger partial charge in [-0.25, -0.2) is 0 Å². The van der Waals surface area contributed by atoms with Crippen LogP contribution in [-0.2, 0) is 9.59 Å². The van der Waals surface area contributed by atoms with Gasteiger partial charge in [0, 0.05) is 33.5 Å². The van der Waals surface area contributed by atoms with E-state index in [2.05, 4.69) is 10.6 Å². The van der Waals surface area contributed by atoms with Gasteiger partial charge in [0.05, 0.1) is 0 Å². The fraction of sp³-hybridized carbons (Fsp3) is 0.909. The summed E-state index contributed by atoms with van der Waals surface area (Å²) in [5.74, 6) is 0.875. The maximum atomic E-state index is 11.9. The lowest BCUT2D eigenvalue weighted by atomic mass is 9.95. The summed E-state index contributed by atoms with van der Waals surface area (Å²) in [4.78, 5) is 24.7. The van der Waals surface area contributed by atoms with Crippen LogP contribution in [0.25, 0.3) is 0 Å². The first kappa shape index (κ1) is 23.9. The van der Waals surface area contributed by atoms with Gasteiger partial charge in [0.1, 0.15) is 0 Å². The molecule has 0 saturated carbocycles. The van der Waals surface area contributed by atoms with Crippen molar-refractivity contribution in [1.29, 1.82) is 0 Å². The van der Waals surface area contributed by atoms with E-state index in [9.17, 15) is 9.59 Å². The van der Waals surface area contributed by atoms with Gasteiger partial charge in [-0.15, -0.1) is 0 Å². The van der Waals surface area contributed by atoms with Crippen LogP contribution in [0.5, 0.6) is 0 Å². The van der Waals surface area contributed by atoms with Gasteiger partial charge in [0.25, 0.3) is 0 Å². The minimum Gasteiger partial charge on any atom is -0.356 e. The largest absolute Gasteiger partial charge is 0.356 e. The molecule has 1 saturated heterocycles. The quantitative estimate of drug-likeness (QED) is 0.627. The smallest absolute Gasteiger partial charge is 0.219 e. The molecule has 1 atom stereocenters. The minimum atomic E-state index is -0.00455. The van der Waals surface area contributed by atoms with E-state index in [1.807, 2.05) is 4.90 Å². The molecule has 1 rings (SSSR count). The van der Waals surface area contributed by atoms with Gasteiger partial charge in [-0.1, -0.05) is 44.9 Å². The van der Waals surface area contributed by atoms with Crippen molar-refractivity contribution in [2.75, 3.05) is 32.7 Å². The summed E-state index contributed by atoms with van der Waals surface area (Å²) >= 11 is 0. The molecule has 0 aromatic rings. The van der Waals surface area contributed by atoms with Gasteiger partial charge in [-0.05, 0) is 51.1 Å². The van der Waals surface area contributed by atoms with Crippen LogP contribution in [0.4, 0.5) is 0 Å². The normalized spacial score (nSPS) is 20.0. The van der Waals surface area contributed by atoms with Crippen molar-refractivity contribution >= 4 is 11.8 Å². The molecule has 0 aliphatic carbocycles. The number of amides is 2. The van der Waals surface area contributed by atoms with Crippen LogP contribution >= 0.6 is 0 Å². The number of hydrogen-bond donors (Lipinski definition) is 2. The molecule has 158 valence electrons. The summed E-state index contributed by atoms with van der Waals surface area (Å²) in [6, 6.07) is 0. The number of rotatable bonds is 8. The SMILES string of the molecule is CC(=O)NCCCN(CCCC1CCCCCCCCCCNC1)C(C)=O. The minimum absolute atomic E-state index is 0.00455. The molecule has 5 heteroatoms. The van der Waals surface area contributed by atoms with E-state index in [0.717, 1.165) is 44.9 Å². The third-order valence-corrected chi connectivity index (χ3v) is 5.61. The van der Waals surface area contributed by atoms with E-state index < -0.39 is 0 Å². The Kier molecular flexibility index (Phi) is 14.1. The number of nitrogens with zero attached hydrogens (tertiary/aromatic N) is 1. The van der Waals surface area contributed by atoms with Gasteiger partial charge in [0.2, 0.25) is 11.8 Å². The van der Waals surface area contributed by atoms with Crippen LogP contribution in [0.1, 0.15) is 90.9 Å². The van der Waals surface area contributed by atoms with Crippen LogP contribution < -0.4 is 10.6 Å². The zero-order valence-electron chi connectivity index (χ0n) is 17.9. The van der Waals surface area contributed by atoms with Gasteiger partial charge in [-0.2, -0.15) is 0 Å². The van der Waals surface area contributed by atoms with E-state index in [0.29, 0.717) is 6.54 Å². The molecule has 1 unspecified atom stereocenters. The summed E-state index contributed by atoms with van der Waals surface area (Å²) in [6.45, 7) is 7.68. The van der Waals surface area contributed by atoms with Crippen molar-refractivity contribution in [1.82, 2.24) is 15.5 Å². The molecule has 1 aliphatic rings. The van der Waals surface area contributed by atoms with Gasteiger partial charge >= 0.3 is 0 Å². The molecule has 1 aliphatic heterocycles. The van der Waals surface area contributed by atoms with Crippen molar-refractivity contribution in [2.45, 2.75) is 90.9 Å². The maximum absolute atomic E-state index is 11.9. The van der Waals surface area contributed by atoms with E-state index in [-0.39, 0.29) is 11.8 Å². The Morgan fingerprint density at radius 1 is 0.926 bits per heavy atom. The predicted molar refractivity (Wildman–Crippen MR) is 113 cm³/mol. The lowest BCUT2D eigenvalue weighted by Crippen LogP contribution is -2.33. The molecule has 1 fully saturated rings. The highest BCUT2D eigenvalue weighted by Gasteiger charge is 2.12. The molecular formula is C22H43N3O2. The van der Waals surface area contributed by atoms with Gasteiger partial charge in [-0.3, -0.25) is 9.59 Å². The highest BCUT2D eigenvalue weighted by atomic mass is 16.2. The average Bonchev–Trinajstić information content (AvgIpc) is 2.65. The summed E-state index contributed by atoms with van der Waals surface area (Å²) in [5.41, 5.74) is 0. The van der Waals surface area contributed by atoms with Crippen LogP contribution in [0.3, 0.4) is 0 Å². The molecule has 0 bridgehead atoms. The van der Waals surface area contributed by atoms with Gasteiger partial charge in [0.15, 0.2) is 0 Å². The predicted octanol–water partition coefficient (Wildman–Crippen LogP) is 3.87. The molecule has 0 radical (unpaired) electrons. The first-order valence-corrected chi connectivity index (χ1v) is 11.3. The van der Waals surface area contributed by atoms with E-state index in [1.54, 1.807) is 6.92 Å². The summed E-state index contributed by atoms with van der Waals surface area (Å²) < 4.78 is 0. The van der Waals surface area contributed by atoms with Crippen molar-refractivity contribution in [2.24, 2.45) is 5.92 Å². The summed E-state index contributed by atoms with van der Waals surface area (Å²) in [6.07, 6.45) is 15.4. The second-order valence-corrected chi connectivity index (χ2v) is 8.17. The number of carbonyl (C=O) groups is 2. The molecule has 0 spiro atoms. The first-order chi connectivity index (χ1) is 13.1. The Labute approximate surface area is 167 Å². The topological polar surface area (TPSA) is 61.4 Å². The molecule has 0 aromatic carbocycles. The van der Waals surface area contributed by atoms with Crippen molar-refractivity contribution in [3.8, 4) is 0 Å². The zero-order valence-corrected chi connectivity index (χ0v) is 17.9. The van der Waals surface area contributed by atoms with Crippen molar-refractivity contribution < 1.29 is 9.59 Å². The molecule has 1 heterocycles. The molecule has 27 heavy (non-hydrogen) atoms. The highest BCUT2D eigenvalue weighted by molar-refractivity contribution is 5.73. The lowest BCUT2D eigenvalue weighted by Gasteiger charge is -2.23.